The van der Waals surface area contributed by atoms with Gasteiger partial charge in [-0.15, -0.1) is 0 Å². The van der Waals surface area contributed by atoms with Gasteiger partial charge in [0.25, 0.3) is 5.56 Å². The van der Waals surface area contributed by atoms with Crippen molar-refractivity contribution in [2.75, 3.05) is 0 Å². The van der Waals surface area contributed by atoms with Gasteiger partial charge in [0.15, 0.2) is 0 Å². The second-order valence-corrected chi connectivity index (χ2v) is 5.57. The summed E-state index contributed by atoms with van der Waals surface area (Å²) in [6.45, 7) is 0.957. The highest BCUT2D eigenvalue weighted by Crippen LogP contribution is 2.06. The molecule has 2 heterocycles. The number of hydrogen-bond acceptors (Lipinski definition) is 4. The van der Waals surface area contributed by atoms with Crippen molar-refractivity contribution in [1.82, 2.24) is 24.4 Å². The summed E-state index contributed by atoms with van der Waals surface area (Å²) in [6.07, 6.45) is 6.68. The van der Waals surface area contributed by atoms with Gasteiger partial charge in [-0.3, -0.25) is 19.1 Å². The number of benzene rings is 1. The molecule has 0 aliphatic heterocycles. The zero-order valence-electron chi connectivity index (χ0n) is 13.4. The van der Waals surface area contributed by atoms with Crippen molar-refractivity contribution in [3.63, 3.8) is 0 Å². The minimum atomic E-state index is -0.605. The third-order valence-corrected chi connectivity index (χ3v) is 3.65. The first kappa shape index (κ1) is 16.4. The molecule has 0 atom stereocenters. The maximum Gasteiger partial charge on any atom is 0.328 e. The number of imidazole rings is 1. The van der Waals surface area contributed by atoms with Gasteiger partial charge in [0.05, 0.1) is 6.33 Å². The van der Waals surface area contributed by atoms with Gasteiger partial charge in [-0.25, -0.2) is 9.78 Å². The van der Waals surface area contributed by atoms with Crippen LogP contribution in [0.15, 0.2) is 64.8 Å². The van der Waals surface area contributed by atoms with Crippen LogP contribution in [-0.2, 0) is 24.4 Å². The van der Waals surface area contributed by atoms with Crippen molar-refractivity contribution in [3.05, 3.63) is 87.2 Å². The molecule has 0 fully saturated rings. The lowest BCUT2D eigenvalue weighted by molar-refractivity contribution is -0.121. The monoisotopic (exact) mass is 339 g/mol. The van der Waals surface area contributed by atoms with Crippen LogP contribution in [0.3, 0.4) is 0 Å². The molecule has 0 aliphatic rings. The van der Waals surface area contributed by atoms with Gasteiger partial charge in [-0.1, -0.05) is 24.3 Å². The Kier molecular flexibility index (Phi) is 4.89. The molecule has 25 heavy (non-hydrogen) atoms. The molecule has 2 aromatic heterocycles. The van der Waals surface area contributed by atoms with Crippen molar-refractivity contribution in [2.45, 2.75) is 19.6 Å². The Morgan fingerprint density at radius 2 is 1.84 bits per heavy atom. The minimum Gasteiger partial charge on any atom is -0.350 e. The number of aromatic amines is 1. The van der Waals surface area contributed by atoms with Crippen LogP contribution in [0.4, 0.5) is 0 Å². The highest BCUT2D eigenvalue weighted by molar-refractivity contribution is 5.75. The number of nitrogens with zero attached hydrogens (tertiary/aromatic N) is 3. The van der Waals surface area contributed by atoms with Gasteiger partial charge in [0, 0.05) is 37.7 Å². The molecule has 8 nitrogen and oxygen atoms in total. The first-order valence-corrected chi connectivity index (χ1v) is 7.70. The highest BCUT2D eigenvalue weighted by atomic mass is 16.2. The molecule has 0 aliphatic carbocycles. The molecule has 0 spiro atoms. The Morgan fingerprint density at radius 3 is 2.52 bits per heavy atom. The van der Waals surface area contributed by atoms with E-state index >= 15 is 0 Å². The van der Waals surface area contributed by atoms with Crippen molar-refractivity contribution < 1.29 is 4.79 Å². The number of nitrogens with one attached hydrogen (secondary N) is 2. The Morgan fingerprint density at radius 1 is 1.08 bits per heavy atom. The molecule has 0 bridgehead atoms. The highest BCUT2D eigenvalue weighted by Gasteiger charge is 2.05. The van der Waals surface area contributed by atoms with Crippen LogP contribution < -0.4 is 16.6 Å². The standard InChI is InChI=1S/C17H17N5O3/c23-15-5-7-22(17(25)20-15)11-16(24)19-9-13-1-3-14(4-2-13)10-21-8-6-18-12-21/h1-8,12H,9-11H2,(H,19,24)(H,20,23,25). The Bertz CT molecular complexity index is 955. The van der Waals surface area contributed by atoms with Crippen LogP contribution >= 0.6 is 0 Å². The number of carbonyl (C=O) groups is 1. The smallest absolute Gasteiger partial charge is 0.328 e. The molecule has 8 heteroatoms. The topological polar surface area (TPSA) is 102 Å². The Hall–Kier alpha value is -3.42. The fourth-order valence-electron chi connectivity index (χ4n) is 2.33. The van der Waals surface area contributed by atoms with Crippen LogP contribution in [0.25, 0.3) is 0 Å². The third-order valence-electron chi connectivity index (χ3n) is 3.65. The van der Waals surface area contributed by atoms with Crippen molar-refractivity contribution in [2.24, 2.45) is 0 Å². The lowest BCUT2D eigenvalue weighted by atomic mass is 10.1. The van der Waals surface area contributed by atoms with Crippen LogP contribution in [0.1, 0.15) is 11.1 Å². The van der Waals surface area contributed by atoms with Crippen molar-refractivity contribution in [3.8, 4) is 0 Å². The molecular weight excluding hydrogens is 322 g/mol. The SMILES string of the molecule is O=C(Cn1ccc(=O)[nH]c1=O)NCc1ccc(Cn2ccnc2)cc1. The number of hydrogen-bond donors (Lipinski definition) is 2. The summed E-state index contributed by atoms with van der Waals surface area (Å²) in [6, 6.07) is 9.08. The van der Waals surface area contributed by atoms with E-state index < -0.39 is 11.2 Å². The van der Waals surface area contributed by atoms with Gasteiger partial charge in [-0.2, -0.15) is 0 Å². The third kappa shape index (κ3) is 4.54. The molecule has 128 valence electrons. The van der Waals surface area contributed by atoms with E-state index in [1.165, 1.54) is 12.3 Å². The summed E-state index contributed by atoms with van der Waals surface area (Å²) in [5.74, 6) is -0.309. The minimum absolute atomic E-state index is 0.145. The van der Waals surface area contributed by atoms with Crippen LogP contribution in [0.2, 0.25) is 0 Å². The summed E-state index contributed by atoms with van der Waals surface area (Å²) in [4.78, 5) is 40.6. The van der Waals surface area contributed by atoms with Crippen molar-refractivity contribution >= 4 is 5.91 Å². The molecule has 3 rings (SSSR count). The Balaban J connectivity index is 1.53. The molecule has 3 aromatic rings. The molecule has 2 N–H and O–H groups in total. The summed E-state index contributed by atoms with van der Waals surface area (Å²) < 4.78 is 3.11. The molecule has 1 amide bonds. The van der Waals surface area contributed by atoms with E-state index in [1.807, 2.05) is 35.0 Å². The Labute approximate surface area is 142 Å². The van der Waals surface area contributed by atoms with Crippen LogP contribution in [0, 0.1) is 0 Å². The van der Waals surface area contributed by atoms with E-state index in [2.05, 4.69) is 15.3 Å². The maximum atomic E-state index is 11.9. The summed E-state index contributed by atoms with van der Waals surface area (Å²) in [7, 11) is 0. The molecule has 0 saturated carbocycles. The normalized spacial score (nSPS) is 10.6. The van der Waals surface area contributed by atoms with Crippen molar-refractivity contribution in [1.29, 1.82) is 0 Å². The number of amides is 1. The van der Waals surface area contributed by atoms with E-state index in [0.29, 0.717) is 6.54 Å². The number of H-pyrrole nitrogens is 1. The number of aromatic nitrogens is 4. The second-order valence-electron chi connectivity index (χ2n) is 5.57. The average Bonchev–Trinajstić information content (AvgIpc) is 3.10. The van der Waals surface area contributed by atoms with E-state index in [-0.39, 0.29) is 12.5 Å². The lowest BCUT2D eigenvalue weighted by Gasteiger charge is -2.08. The van der Waals surface area contributed by atoms with Crippen LogP contribution in [0.5, 0.6) is 0 Å². The zero-order valence-corrected chi connectivity index (χ0v) is 13.4. The fraction of sp³-hybridized carbons (Fsp3) is 0.176. The molecule has 1 aromatic carbocycles. The summed E-state index contributed by atoms with van der Waals surface area (Å²) in [5.41, 5.74) is 0.994. The van der Waals surface area contributed by atoms with Crippen LogP contribution in [-0.4, -0.2) is 25.0 Å². The number of rotatable bonds is 6. The van der Waals surface area contributed by atoms with E-state index in [4.69, 9.17) is 0 Å². The van der Waals surface area contributed by atoms with Gasteiger partial charge < -0.3 is 9.88 Å². The quantitative estimate of drug-likeness (QED) is 0.665. The molecule has 0 saturated heterocycles. The lowest BCUT2D eigenvalue weighted by Crippen LogP contribution is -2.35. The fourth-order valence-corrected chi connectivity index (χ4v) is 2.33. The first-order chi connectivity index (χ1) is 12.1. The van der Waals surface area contributed by atoms with E-state index in [1.54, 1.807) is 12.5 Å². The van der Waals surface area contributed by atoms with Gasteiger partial charge >= 0.3 is 5.69 Å². The van der Waals surface area contributed by atoms with E-state index in [0.717, 1.165) is 22.2 Å². The largest absolute Gasteiger partial charge is 0.350 e. The predicted molar refractivity (Wildman–Crippen MR) is 90.9 cm³/mol. The van der Waals surface area contributed by atoms with Gasteiger partial charge in [0.1, 0.15) is 6.54 Å². The summed E-state index contributed by atoms with van der Waals surface area (Å²) >= 11 is 0. The molecule has 0 radical (unpaired) electrons. The second kappa shape index (κ2) is 7.43. The van der Waals surface area contributed by atoms with E-state index in [9.17, 15) is 14.4 Å². The predicted octanol–water partition coefficient (Wildman–Crippen LogP) is 0.0978. The number of carbonyl (C=O) groups excluding carboxylic acids is 1. The summed E-state index contributed by atoms with van der Waals surface area (Å²) in [5, 5.41) is 2.75. The van der Waals surface area contributed by atoms with Gasteiger partial charge in [-0.05, 0) is 11.1 Å². The maximum absolute atomic E-state index is 11.9. The zero-order chi connectivity index (χ0) is 17.6. The van der Waals surface area contributed by atoms with Gasteiger partial charge in [0.2, 0.25) is 5.91 Å². The molecular formula is C17H17N5O3. The first-order valence-electron chi connectivity index (χ1n) is 7.70. The molecule has 0 unspecified atom stereocenters. The average molecular weight is 339 g/mol.